The maximum Gasteiger partial charge on any atom is 0.275 e. The van der Waals surface area contributed by atoms with Gasteiger partial charge in [0.25, 0.3) is 5.56 Å². The molecule has 1 aliphatic heterocycles. The average molecular weight is 298 g/mol. The van der Waals surface area contributed by atoms with Crippen LogP contribution in [0.4, 0.5) is 0 Å². The maximum atomic E-state index is 12.0. The number of aromatic nitrogens is 3. The fourth-order valence-corrected chi connectivity index (χ4v) is 3.37. The van der Waals surface area contributed by atoms with Crippen molar-refractivity contribution in [2.24, 2.45) is 0 Å². The van der Waals surface area contributed by atoms with Crippen LogP contribution in [-0.2, 0) is 11.3 Å². The maximum absolute atomic E-state index is 12.0. The summed E-state index contributed by atoms with van der Waals surface area (Å²) in [5.74, 6) is 0. The molecule has 0 aliphatic carbocycles. The number of nitrogens with zero attached hydrogens (tertiary/aromatic N) is 4. The van der Waals surface area contributed by atoms with Crippen LogP contribution in [0.1, 0.15) is 5.69 Å². The third kappa shape index (κ3) is 2.81. The molecule has 19 heavy (non-hydrogen) atoms. The Morgan fingerprint density at radius 2 is 2.26 bits per heavy atom. The number of hydrogen-bond acceptors (Lipinski definition) is 7. The number of thioether (sulfide) groups is 1. The Kier molecular flexibility index (Phi) is 3.83. The molecule has 8 heteroatoms. The van der Waals surface area contributed by atoms with Gasteiger partial charge >= 0.3 is 0 Å². The van der Waals surface area contributed by atoms with Crippen LogP contribution in [0.5, 0.6) is 0 Å². The molecule has 3 heterocycles. The van der Waals surface area contributed by atoms with Gasteiger partial charge in [-0.05, 0) is 6.26 Å². The van der Waals surface area contributed by atoms with E-state index in [9.17, 15) is 4.79 Å². The van der Waals surface area contributed by atoms with E-state index in [0.717, 1.165) is 36.3 Å². The van der Waals surface area contributed by atoms with E-state index in [1.54, 1.807) is 6.07 Å². The highest BCUT2D eigenvalue weighted by molar-refractivity contribution is 8.00. The molecule has 0 N–H and O–H groups in total. The molecule has 0 spiro atoms. The predicted octanol–water partition coefficient (Wildman–Crippen LogP) is 0.705. The molecule has 102 valence electrons. The molecule has 3 rings (SSSR count). The van der Waals surface area contributed by atoms with Crippen molar-refractivity contribution in [1.82, 2.24) is 19.5 Å². The summed E-state index contributed by atoms with van der Waals surface area (Å²) in [5, 5.41) is 4.21. The fourth-order valence-electron chi connectivity index (χ4n) is 1.99. The molecule has 0 aromatic carbocycles. The van der Waals surface area contributed by atoms with E-state index in [-0.39, 0.29) is 5.56 Å². The minimum absolute atomic E-state index is 0.107. The molecular weight excluding hydrogens is 284 g/mol. The number of hydrogen-bond donors (Lipinski definition) is 0. The molecule has 2 aromatic heterocycles. The highest BCUT2D eigenvalue weighted by Crippen LogP contribution is 2.20. The van der Waals surface area contributed by atoms with Gasteiger partial charge in [-0.3, -0.25) is 9.69 Å². The van der Waals surface area contributed by atoms with Gasteiger partial charge in [0.2, 0.25) is 4.96 Å². The van der Waals surface area contributed by atoms with Gasteiger partial charge in [0, 0.05) is 25.7 Å². The summed E-state index contributed by atoms with van der Waals surface area (Å²) >= 11 is 2.97. The van der Waals surface area contributed by atoms with Crippen LogP contribution in [-0.4, -0.2) is 52.1 Å². The molecule has 0 radical (unpaired) electrons. The minimum Gasteiger partial charge on any atom is -0.379 e. The van der Waals surface area contributed by atoms with Crippen molar-refractivity contribution in [3.63, 3.8) is 0 Å². The Morgan fingerprint density at radius 3 is 3.00 bits per heavy atom. The molecule has 0 unspecified atom stereocenters. The molecule has 0 saturated carbocycles. The lowest BCUT2D eigenvalue weighted by Gasteiger charge is -2.25. The predicted molar refractivity (Wildman–Crippen MR) is 75.0 cm³/mol. The third-order valence-corrected chi connectivity index (χ3v) is 4.83. The van der Waals surface area contributed by atoms with E-state index in [2.05, 4.69) is 15.0 Å². The van der Waals surface area contributed by atoms with E-state index < -0.39 is 0 Å². The van der Waals surface area contributed by atoms with Gasteiger partial charge in [-0.2, -0.15) is 4.52 Å². The Balaban J connectivity index is 1.89. The fraction of sp³-hybridized carbons (Fsp3) is 0.545. The summed E-state index contributed by atoms with van der Waals surface area (Å²) in [6.45, 7) is 3.97. The topological polar surface area (TPSA) is 59.7 Å². The van der Waals surface area contributed by atoms with E-state index in [4.69, 9.17) is 4.74 Å². The second kappa shape index (κ2) is 5.58. The highest BCUT2D eigenvalue weighted by Gasteiger charge is 2.14. The van der Waals surface area contributed by atoms with Crippen LogP contribution >= 0.6 is 23.1 Å². The standard InChI is InChI=1S/C11H14N4O2S2/c1-18-11-13-15-9(16)6-8(12-10(15)19-11)7-14-2-4-17-5-3-14/h6H,2-5,7H2,1H3. The van der Waals surface area contributed by atoms with Crippen molar-refractivity contribution in [1.29, 1.82) is 0 Å². The van der Waals surface area contributed by atoms with Crippen molar-refractivity contribution in [3.05, 3.63) is 22.1 Å². The minimum atomic E-state index is -0.107. The highest BCUT2D eigenvalue weighted by atomic mass is 32.2. The quantitative estimate of drug-likeness (QED) is 0.778. The van der Waals surface area contributed by atoms with Gasteiger partial charge in [-0.25, -0.2) is 4.98 Å². The molecule has 0 atom stereocenters. The monoisotopic (exact) mass is 298 g/mol. The Labute approximate surface area is 118 Å². The van der Waals surface area contributed by atoms with Crippen molar-refractivity contribution >= 4 is 28.1 Å². The van der Waals surface area contributed by atoms with Crippen molar-refractivity contribution in [2.45, 2.75) is 10.9 Å². The zero-order chi connectivity index (χ0) is 13.2. The Morgan fingerprint density at radius 1 is 1.47 bits per heavy atom. The van der Waals surface area contributed by atoms with Crippen molar-refractivity contribution < 1.29 is 4.74 Å². The van der Waals surface area contributed by atoms with Crippen LogP contribution in [0.3, 0.4) is 0 Å². The number of ether oxygens (including phenoxy) is 1. The van der Waals surface area contributed by atoms with Crippen molar-refractivity contribution in [2.75, 3.05) is 32.6 Å². The zero-order valence-electron chi connectivity index (χ0n) is 10.5. The lowest BCUT2D eigenvalue weighted by Crippen LogP contribution is -2.36. The summed E-state index contributed by atoms with van der Waals surface area (Å²) < 4.78 is 7.54. The first kappa shape index (κ1) is 13.0. The largest absolute Gasteiger partial charge is 0.379 e. The normalized spacial score (nSPS) is 17.1. The summed E-state index contributed by atoms with van der Waals surface area (Å²) in [5.41, 5.74) is 0.702. The van der Waals surface area contributed by atoms with E-state index in [1.807, 2.05) is 6.26 Å². The van der Waals surface area contributed by atoms with Gasteiger partial charge in [0.15, 0.2) is 4.34 Å². The van der Waals surface area contributed by atoms with Crippen LogP contribution in [0.15, 0.2) is 15.2 Å². The molecule has 0 bridgehead atoms. The number of fused-ring (bicyclic) bond motifs is 1. The first-order valence-electron chi connectivity index (χ1n) is 6.00. The van der Waals surface area contributed by atoms with E-state index in [1.165, 1.54) is 27.6 Å². The van der Waals surface area contributed by atoms with Gasteiger partial charge in [-0.15, -0.1) is 5.10 Å². The summed E-state index contributed by atoms with van der Waals surface area (Å²) in [6, 6.07) is 1.58. The molecule has 0 amide bonds. The average Bonchev–Trinajstić information content (AvgIpc) is 2.83. The van der Waals surface area contributed by atoms with Crippen LogP contribution in [0.2, 0.25) is 0 Å². The van der Waals surface area contributed by atoms with Crippen LogP contribution < -0.4 is 5.56 Å². The van der Waals surface area contributed by atoms with Gasteiger partial charge in [0.05, 0.1) is 18.9 Å². The lowest BCUT2D eigenvalue weighted by atomic mass is 10.3. The van der Waals surface area contributed by atoms with Crippen molar-refractivity contribution in [3.8, 4) is 0 Å². The first-order chi connectivity index (χ1) is 9.26. The van der Waals surface area contributed by atoms with E-state index in [0.29, 0.717) is 11.5 Å². The SMILES string of the molecule is CSc1nn2c(=O)cc(CN3CCOCC3)nc2s1. The smallest absolute Gasteiger partial charge is 0.275 e. The van der Waals surface area contributed by atoms with Crippen LogP contribution in [0, 0.1) is 0 Å². The molecule has 1 fully saturated rings. The van der Waals surface area contributed by atoms with Gasteiger partial charge in [-0.1, -0.05) is 23.1 Å². The second-order valence-electron chi connectivity index (χ2n) is 4.24. The Hall–Kier alpha value is -0.960. The van der Waals surface area contributed by atoms with E-state index >= 15 is 0 Å². The second-order valence-corrected chi connectivity index (χ2v) is 6.25. The first-order valence-corrected chi connectivity index (χ1v) is 8.04. The summed E-state index contributed by atoms with van der Waals surface area (Å²) in [7, 11) is 0. The molecule has 2 aromatic rings. The number of rotatable bonds is 3. The van der Waals surface area contributed by atoms with Crippen LogP contribution in [0.25, 0.3) is 4.96 Å². The third-order valence-electron chi connectivity index (χ3n) is 2.94. The molecule has 6 nitrogen and oxygen atoms in total. The Bertz CT molecular complexity index is 633. The summed E-state index contributed by atoms with van der Waals surface area (Å²) in [4.78, 5) is 19.4. The molecule has 1 aliphatic rings. The molecular formula is C11H14N4O2S2. The van der Waals surface area contributed by atoms with Gasteiger partial charge in [0.1, 0.15) is 0 Å². The van der Waals surface area contributed by atoms with Gasteiger partial charge < -0.3 is 4.74 Å². The zero-order valence-corrected chi connectivity index (χ0v) is 12.2. The molecule has 1 saturated heterocycles. The lowest BCUT2D eigenvalue weighted by molar-refractivity contribution is 0.0336. The number of morpholine rings is 1. The summed E-state index contributed by atoms with van der Waals surface area (Å²) in [6.07, 6.45) is 1.94.